The minimum absolute atomic E-state index is 0.686. The molecule has 0 amide bonds. The first-order valence-electron chi connectivity index (χ1n) is 13.2. The normalized spacial score (nSPS) is 12.0. The van der Waals surface area contributed by atoms with Crippen LogP contribution in [0.15, 0.2) is 0 Å². The zero-order valence-corrected chi connectivity index (χ0v) is 21.6. The van der Waals surface area contributed by atoms with Crippen LogP contribution in [0.2, 0.25) is 6.04 Å². The van der Waals surface area contributed by atoms with E-state index in [1.54, 1.807) is 0 Å². The lowest BCUT2D eigenvalue weighted by atomic mass is 10.0. The Morgan fingerprint density at radius 3 is 0.931 bits per heavy atom. The molecule has 0 aromatic rings. The van der Waals surface area contributed by atoms with E-state index >= 15 is 0 Å². The van der Waals surface area contributed by atoms with Crippen molar-refractivity contribution in [2.75, 3.05) is 19.8 Å². The Balaban J connectivity index is 3.43. The molecule has 0 aromatic heterocycles. The maximum atomic E-state index is 5.93. The van der Waals surface area contributed by atoms with E-state index in [-0.39, 0.29) is 0 Å². The highest BCUT2D eigenvalue weighted by molar-refractivity contribution is 6.60. The maximum absolute atomic E-state index is 5.93. The quantitative estimate of drug-likeness (QED) is 0.113. The predicted molar refractivity (Wildman–Crippen MR) is 130 cm³/mol. The van der Waals surface area contributed by atoms with Gasteiger partial charge < -0.3 is 13.3 Å². The van der Waals surface area contributed by atoms with Crippen LogP contribution in [-0.4, -0.2) is 28.6 Å². The standard InChI is InChI=1S/C25H54O3Si/c1-5-9-10-11-12-13-14-15-16-17-18-19-20-21-22-23-24-25-29(26-6-2,27-7-3)28-8-4/h5-25H2,1-4H3. The first-order chi connectivity index (χ1) is 14.2. The van der Waals surface area contributed by atoms with Crippen molar-refractivity contribution in [3.05, 3.63) is 0 Å². The van der Waals surface area contributed by atoms with Crippen LogP contribution in [0.3, 0.4) is 0 Å². The number of unbranched alkanes of at least 4 members (excludes halogenated alkanes) is 16. The molecular weight excluding hydrogens is 376 g/mol. The average Bonchev–Trinajstić information content (AvgIpc) is 2.71. The first-order valence-corrected chi connectivity index (χ1v) is 15.1. The number of hydrogen-bond acceptors (Lipinski definition) is 3. The van der Waals surface area contributed by atoms with E-state index in [9.17, 15) is 0 Å². The Morgan fingerprint density at radius 2 is 0.655 bits per heavy atom. The molecule has 0 aliphatic carbocycles. The summed E-state index contributed by atoms with van der Waals surface area (Å²) in [6, 6.07) is 0.973. The molecule has 3 nitrogen and oxygen atoms in total. The van der Waals surface area contributed by atoms with Crippen molar-refractivity contribution in [3.63, 3.8) is 0 Å². The predicted octanol–water partition coefficient (Wildman–Crippen LogP) is 8.69. The highest BCUT2D eigenvalue weighted by Gasteiger charge is 2.39. The van der Waals surface area contributed by atoms with Crippen LogP contribution in [-0.2, 0) is 13.3 Å². The van der Waals surface area contributed by atoms with Crippen LogP contribution in [0.5, 0.6) is 0 Å². The van der Waals surface area contributed by atoms with Crippen molar-refractivity contribution in [3.8, 4) is 0 Å². The molecule has 0 fully saturated rings. The van der Waals surface area contributed by atoms with Gasteiger partial charge in [0.05, 0.1) is 0 Å². The summed E-state index contributed by atoms with van der Waals surface area (Å²) >= 11 is 0. The SMILES string of the molecule is CCCCCCCCCCCCCCCCCCC[Si](OCC)(OCC)OCC. The molecule has 176 valence electrons. The van der Waals surface area contributed by atoms with Gasteiger partial charge in [-0.15, -0.1) is 0 Å². The molecule has 4 heteroatoms. The molecule has 0 radical (unpaired) electrons. The summed E-state index contributed by atoms with van der Waals surface area (Å²) in [4.78, 5) is 0. The summed E-state index contributed by atoms with van der Waals surface area (Å²) < 4.78 is 17.8. The van der Waals surface area contributed by atoms with Crippen molar-refractivity contribution < 1.29 is 13.3 Å². The number of rotatable bonds is 24. The first kappa shape index (κ1) is 29.1. The molecule has 0 saturated carbocycles. The lowest BCUT2D eigenvalue weighted by Crippen LogP contribution is -2.45. The third-order valence-corrected chi connectivity index (χ3v) is 8.83. The van der Waals surface area contributed by atoms with Gasteiger partial charge in [-0.3, -0.25) is 0 Å². The van der Waals surface area contributed by atoms with Crippen molar-refractivity contribution in [2.24, 2.45) is 0 Å². The fourth-order valence-corrected chi connectivity index (χ4v) is 6.75. The van der Waals surface area contributed by atoms with Crippen LogP contribution < -0.4 is 0 Å². The highest BCUT2D eigenvalue weighted by atomic mass is 28.4. The fraction of sp³-hybridized carbons (Fsp3) is 1.00. The zero-order valence-electron chi connectivity index (χ0n) is 20.6. The molecule has 29 heavy (non-hydrogen) atoms. The van der Waals surface area contributed by atoms with Gasteiger partial charge in [-0.2, -0.15) is 0 Å². The summed E-state index contributed by atoms with van der Waals surface area (Å²) in [6.45, 7) is 10.5. The Bertz CT molecular complexity index is 295. The van der Waals surface area contributed by atoms with E-state index in [0.29, 0.717) is 19.8 Å². The molecule has 0 heterocycles. The molecule has 0 rings (SSSR count). The van der Waals surface area contributed by atoms with Gasteiger partial charge in [0.25, 0.3) is 0 Å². The van der Waals surface area contributed by atoms with Gasteiger partial charge >= 0.3 is 8.80 Å². The van der Waals surface area contributed by atoms with Crippen LogP contribution in [0.25, 0.3) is 0 Å². The van der Waals surface area contributed by atoms with Crippen LogP contribution >= 0.6 is 0 Å². The van der Waals surface area contributed by atoms with E-state index in [0.717, 1.165) is 6.04 Å². The second kappa shape index (κ2) is 22.8. The monoisotopic (exact) mass is 430 g/mol. The molecule has 0 unspecified atom stereocenters. The van der Waals surface area contributed by atoms with Gasteiger partial charge in [-0.05, 0) is 27.2 Å². The smallest absolute Gasteiger partial charge is 0.374 e. The topological polar surface area (TPSA) is 27.7 Å². The third kappa shape index (κ3) is 18.6. The minimum atomic E-state index is -2.40. The molecular formula is C25H54O3Si. The molecule has 0 aliphatic rings. The van der Waals surface area contributed by atoms with E-state index in [1.165, 1.54) is 109 Å². The van der Waals surface area contributed by atoms with E-state index in [2.05, 4.69) is 6.92 Å². The molecule has 0 atom stereocenters. The zero-order chi connectivity index (χ0) is 21.5. The molecule has 0 bridgehead atoms. The Morgan fingerprint density at radius 1 is 0.379 bits per heavy atom. The van der Waals surface area contributed by atoms with Gasteiger partial charge in [0.1, 0.15) is 0 Å². The second-order valence-corrected chi connectivity index (χ2v) is 11.1. The largest absolute Gasteiger partial charge is 0.500 e. The van der Waals surface area contributed by atoms with E-state index < -0.39 is 8.80 Å². The lowest BCUT2D eigenvalue weighted by Gasteiger charge is -2.28. The number of hydrogen-bond donors (Lipinski definition) is 0. The minimum Gasteiger partial charge on any atom is -0.374 e. The molecule has 0 saturated heterocycles. The molecule has 0 aromatic carbocycles. The summed E-state index contributed by atoms with van der Waals surface area (Å²) in [5.41, 5.74) is 0. The highest BCUT2D eigenvalue weighted by Crippen LogP contribution is 2.21. The van der Waals surface area contributed by atoms with Gasteiger partial charge in [0.2, 0.25) is 0 Å². The lowest BCUT2D eigenvalue weighted by molar-refractivity contribution is 0.0706. The van der Waals surface area contributed by atoms with E-state index in [1.807, 2.05) is 20.8 Å². The van der Waals surface area contributed by atoms with Gasteiger partial charge in [-0.25, -0.2) is 0 Å². The molecule has 0 aliphatic heterocycles. The third-order valence-electron chi connectivity index (χ3n) is 5.68. The van der Waals surface area contributed by atoms with Crippen molar-refractivity contribution in [1.29, 1.82) is 0 Å². The average molecular weight is 431 g/mol. The van der Waals surface area contributed by atoms with Gasteiger partial charge in [-0.1, -0.05) is 110 Å². The van der Waals surface area contributed by atoms with Gasteiger partial charge in [0.15, 0.2) is 0 Å². The molecule has 0 N–H and O–H groups in total. The summed E-state index contributed by atoms with van der Waals surface area (Å²) in [6.07, 6.45) is 23.9. The van der Waals surface area contributed by atoms with Crippen molar-refractivity contribution in [2.45, 2.75) is 143 Å². The van der Waals surface area contributed by atoms with E-state index in [4.69, 9.17) is 13.3 Å². The fourth-order valence-electron chi connectivity index (χ4n) is 4.07. The Kier molecular flexibility index (Phi) is 22.9. The van der Waals surface area contributed by atoms with Gasteiger partial charge in [0, 0.05) is 25.9 Å². The Labute approximate surface area is 185 Å². The molecule has 0 spiro atoms. The van der Waals surface area contributed by atoms with Crippen LogP contribution in [0, 0.1) is 0 Å². The summed E-state index contributed by atoms with van der Waals surface area (Å²) in [7, 11) is -2.40. The van der Waals surface area contributed by atoms with Crippen LogP contribution in [0.1, 0.15) is 137 Å². The summed E-state index contributed by atoms with van der Waals surface area (Å²) in [5.74, 6) is 0. The second-order valence-electron chi connectivity index (χ2n) is 8.39. The van der Waals surface area contributed by atoms with Crippen molar-refractivity contribution in [1.82, 2.24) is 0 Å². The van der Waals surface area contributed by atoms with Crippen molar-refractivity contribution >= 4 is 8.80 Å². The summed E-state index contributed by atoms with van der Waals surface area (Å²) in [5, 5.41) is 0. The van der Waals surface area contributed by atoms with Crippen LogP contribution in [0.4, 0.5) is 0 Å². The Hall–Kier alpha value is 0.0969. The maximum Gasteiger partial charge on any atom is 0.500 e.